The lowest BCUT2D eigenvalue weighted by Gasteiger charge is -2.12. The SMILES string of the molecule is CC(=O)/C(=C(\C(C)=O)c1ccccc1)c1ccccc1. The molecule has 0 heterocycles. The predicted octanol–water partition coefficient (Wildman–Crippen LogP) is 3.78. The molecule has 0 aromatic heterocycles. The maximum Gasteiger partial charge on any atom is 0.161 e. The first-order valence-corrected chi connectivity index (χ1v) is 6.48. The molecule has 0 N–H and O–H groups in total. The Hall–Kier alpha value is -2.48. The Morgan fingerprint density at radius 2 is 0.900 bits per heavy atom. The summed E-state index contributed by atoms with van der Waals surface area (Å²) < 4.78 is 0. The van der Waals surface area contributed by atoms with E-state index in [2.05, 4.69) is 0 Å². The molecular formula is C18H16O2. The average Bonchev–Trinajstić information content (AvgIpc) is 2.45. The van der Waals surface area contributed by atoms with Crippen molar-refractivity contribution in [2.24, 2.45) is 0 Å². The van der Waals surface area contributed by atoms with Gasteiger partial charge >= 0.3 is 0 Å². The van der Waals surface area contributed by atoms with E-state index in [0.717, 1.165) is 11.1 Å². The molecule has 2 aromatic rings. The fourth-order valence-electron chi connectivity index (χ4n) is 2.26. The fraction of sp³-hybridized carbons (Fsp3) is 0.111. The molecule has 2 heteroatoms. The number of carbonyl (C=O) groups excluding carboxylic acids is 2. The zero-order valence-corrected chi connectivity index (χ0v) is 11.6. The number of ketones is 2. The van der Waals surface area contributed by atoms with E-state index in [4.69, 9.17) is 0 Å². The smallest absolute Gasteiger partial charge is 0.161 e. The van der Waals surface area contributed by atoms with Gasteiger partial charge in [0.1, 0.15) is 0 Å². The minimum Gasteiger partial charge on any atom is -0.294 e. The first-order valence-electron chi connectivity index (χ1n) is 6.48. The Morgan fingerprint density at radius 3 is 1.15 bits per heavy atom. The van der Waals surface area contributed by atoms with Crippen molar-refractivity contribution in [1.82, 2.24) is 0 Å². The van der Waals surface area contributed by atoms with E-state index in [1.807, 2.05) is 60.7 Å². The summed E-state index contributed by atoms with van der Waals surface area (Å²) in [6.45, 7) is 2.99. The molecule has 0 fully saturated rings. The maximum atomic E-state index is 12.1. The van der Waals surface area contributed by atoms with E-state index in [0.29, 0.717) is 11.1 Å². The van der Waals surface area contributed by atoms with E-state index in [9.17, 15) is 9.59 Å². The van der Waals surface area contributed by atoms with Crippen LogP contribution in [0.15, 0.2) is 60.7 Å². The zero-order valence-electron chi connectivity index (χ0n) is 11.6. The molecule has 100 valence electrons. The average molecular weight is 264 g/mol. The lowest BCUT2D eigenvalue weighted by Crippen LogP contribution is -2.06. The summed E-state index contributed by atoms with van der Waals surface area (Å²) in [4.78, 5) is 24.1. The van der Waals surface area contributed by atoms with Crippen LogP contribution in [0.5, 0.6) is 0 Å². The molecule has 0 bridgehead atoms. The van der Waals surface area contributed by atoms with Gasteiger partial charge in [-0.15, -0.1) is 0 Å². The number of benzene rings is 2. The first-order chi connectivity index (χ1) is 9.61. The Labute approximate surface area is 118 Å². The van der Waals surface area contributed by atoms with Crippen molar-refractivity contribution in [2.75, 3.05) is 0 Å². The van der Waals surface area contributed by atoms with Crippen molar-refractivity contribution in [2.45, 2.75) is 13.8 Å². The van der Waals surface area contributed by atoms with Gasteiger partial charge in [-0.3, -0.25) is 9.59 Å². The van der Waals surface area contributed by atoms with Gasteiger partial charge in [0, 0.05) is 11.1 Å². The highest BCUT2D eigenvalue weighted by Gasteiger charge is 2.18. The molecule has 0 saturated heterocycles. The van der Waals surface area contributed by atoms with Crippen molar-refractivity contribution in [3.05, 3.63) is 71.8 Å². The Balaban J connectivity index is 2.74. The second-order valence-corrected chi connectivity index (χ2v) is 4.59. The van der Waals surface area contributed by atoms with E-state index in [1.165, 1.54) is 13.8 Å². The minimum absolute atomic E-state index is 0.106. The van der Waals surface area contributed by atoms with Gasteiger partial charge in [0.2, 0.25) is 0 Å². The number of allylic oxidation sites excluding steroid dienone is 2. The van der Waals surface area contributed by atoms with E-state index >= 15 is 0 Å². The number of rotatable bonds is 4. The fourth-order valence-corrected chi connectivity index (χ4v) is 2.26. The molecule has 2 rings (SSSR count). The third-order valence-electron chi connectivity index (χ3n) is 3.08. The van der Waals surface area contributed by atoms with Crippen molar-refractivity contribution in [3.63, 3.8) is 0 Å². The van der Waals surface area contributed by atoms with Gasteiger partial charge in [-0.1, -0.05) is 60.7 Å². The zero-order chi connectivity index (χ0) is 14.5. The lowest BCUT2D eigenvalue weighted by atomic mass is 9.90. The number of hydrogen-bond donors (Lipinski definition) is 0. The largest absolute Gasteiger partial charge is 0.294 e. The van der Waals surface area contributed by atoms with Crippen molar-refractivity contribution >= 4 is 22.7 Å². The Kier molecular flexibility index (Phi) is 4.26. The molecule has 0 unspecified atom stereocenters. The monoisotopic (exact) mass is 264 g/mol. The van der Waals surface area contributed by atoms with Crippen LogP contribution >= 0.6 is 0 Å². The van der Waals surface area contributed by atoms with Crippen LogP contribution in [-0.4, -0.2) is 11.6 Å². The maximum absolute atomic E-state index is 12.1. The molecule has 0 aliphatic carbocycles. The third-order valence-corrected chi connectivity index (χ3v) is 3.08. The summed E-state index contributed by atoms with van der Waals surface area (Å²) in [5.74, 6) is -0.212. The third kappa shape index (κ3) is 2.91. The van der Waals surface area contributed by atoms with E-state index in [-0.39, 0.29) is 11.6 Å². The van der Waals surface area contributed by atoms with Gasteiger partial charge < -0.3 is 0 Å². The van der Waals surface area contributed by atoms with Crippen LogP contribution in [0.2, 0.25) is 0 Å². The number of hydrogen-bond acceptors (Lipinski definition) is 2. The topological polar surface area (TPSA) is 34.1 Å². The van der Waals surface area contributed by atoms with Crippen LogP contribution in [-0.2, 0) is 9.59 Å². The number of Topliss-reactive ketones (excluding diaryl/α,β-unsaturated/α-hetero) is 2. The standard InChI is InChI=1S/C18H16O2/c1-13(19)17(15-9-5-3-6-10-15)18(14(2)20)16-11-7-4-8-12-16/h3-12H,1-2H3/b18-17-. The lowest BCUT2D eigenvalue weighted by molar-refractivity contribution is -0.113. The summed E-state index contributed by atoms with van der Waals surface area (Å²) in [7, 11) is 0. The van der Waals surface area contributed by atoms with Crippen LogP contribution in [0.1, 0.15) is 25.0 Å². The minimum atomic E-state index is -0.106. The van der Waals surface area contributed by atoms with E-state index < -0.39 is 0 Å². The van der Waals surface area contributed by atoms with Crippen LogP contribution in [0.4, 0.5) is 0 Å². The van der Waals surface area contributed by atoms with Gasteiger partial charge in [-0.05, 0) is 25.0 Å². The second kappa shape index (κ2) is 6.11. The molecule has 0 atom stereocenters. The quantitative estimate of drug-likeness (QED) is 0.622. The van der Waals surface area contributed by atoms with Crippen molar-refractivity contribution < 1.29 is 9.59 Å². The van der Waals surface area contributed by atoms with Crippen LogP contribution in [0.3, 0.4) is 0 Å². The molecule has 0 saturated carbocycles. The molecule has 2 nitrogen and oxygen atoms in total. The number of carbonyl (C=O) groups is 2. The van der Waals surface area contributed by atoms with Gasteiger partial charge in [0.15, 0.2) is 11.6 Å². The summed E-state index contributed by atoms with van der Waals surface area (Å²) in [6, 6.07) is 18.6. The highest BCUT2D eigenvalue weighted by Crippen LogP contribution is 2.27. The molecule has 0 aliphatic rings. The summed E-state index contributed by atoms with van der Waals surface area (Å²) >= 11 is 0. The molecule has 0 radical (unpaired) electrons. The molecule has 0 aliphatic heterocycles. The van der Waals surface area contributed by atoms with Crippen LogP contribution in [0, 0.1) is 0 Å². The predicted molar refractivity (Wildman–Crippen MR) is 81.1 cm³/mol. The van der Waals surface area contributed by atoms with Crippen molar-refractivity contribution in [3.8, 4) is 0 Å². The van der Waals surface area contributed by atoms with Gasteiger partial charge in [-0.2, -0.15) is 0 Å². The van der Waals surface area contributed by atoms with Crippen molar-refractivity contribution in [1.29, 1.82) is 0 Å². The molecule has 20 heavy (non-hydrogen) atoms. The molecule has 2 aromatic carbocycles. The Morgan fingerprint density at radius 1 is 0.600 bits per heavy atom. The van der Waals surface area contributed by atoms with E-state index in [1.54, 1.807) is 0 Å². The molecule has 0 amide bonds. The van der Waals surface area contributed by atoms with Crippen LogP contribution in [0.25, 0.3) is 11.1 Å². The molecular weight excluding hydrogens is 248 g/mol. The highest BCUT2D eigenvalue weighted by molar-refractivity contribution is 6.39. The van der Waals surface area contributed by atoms with Gasteiger partial charge in [-0.25, -0.2) is 0 Å². The summed E-state index contributed by atoms with van der Waals surface area (Å²) in [6.07, 6.45) is 0. The molecule has 0 spiro atoms. The summed E-state index contributed by atoms with van der Waals surface area (Å²) in [5.41, 5.74) is 2.50. The second-order valence-electron chi connectivity index (χ2n) is 4.59. The first kappa shape index (κ1) is 13.9. The van der Waals surface area contributed by atoms with Gasteiger partial charge in [0.05, 0.1) is 0 Å². The highest BCUT2D eigenvalue weighted by atomic mass is 16.1. The summed E-state index contributed by atoms with van der Waals surface area (Å²) in [5, 5.41) is 0. The van der Waals surface area contributed by atoms with Gasteiger partial charge in [0.25, 0.3) is 0 Å². The Bertz CT molecular complexity index is 593. The normalized spacial score (nSPS) is 11.7. The van der Waals surface area contributed by atoms with Crippen LogP contribution < -0.4 is 0 Å².